The number of hydrogen-bond acceptors (Lipinski definition) is 4. The van der Waals surface area contributed by atoms with Crippen molar-refractivity contribution in [2.45, 2.75) is 19.8 Å². The predicted molar refractivity (Wildman–Crippen MR) is 68.3 cm³/mol. The minimum absolute atomic E-state index is 0.250. The third kappa shape index (κ3) is 2.38. The first-order chi connectivity index (χ1) is 8.49. The molecule has 0 aliphatic rings. The van der Waals surface area contributed by atoms with Gasteiger partial charge in [0.25, 0.3) is 5.69 Å². The van der Waals surface area contributed by atoms with Crippen molar-refractivity contribution in [2.24, 2.45) is 0 Å². The molecule has 0 spiro atoms. The Hall–Kier alpha value is -1.82. The molecule has 1 aromatic carbocycles. The average Bonchev–Trinajstić information content (AvgIpc) is 2.78. The molecule has 4 nitrogen and oxygen atoms in total. The van der Waals surface area contributed by atoms with Gasteiger partial charge in [0.05, 0.1) is 22.2 Å². The van der Waals surface area contributed by atoms with Crippen LogP contribution in [0.2, 0.25) is 0 Å². The molecule has 0 bridgehead atoms. The van der Waals surface area contributed by atoms with E-state index in [1.54, 1.807) is 0 Å². The fourth-order valence-electron chi connectivity index (χ4n) is 1.51. The lowest BCUT2D eigenvalue weighted by Gasteiger charge is -2.00. The lowest BCUT2D eigenvalue weighted by atomic mass is 10.1. The molecule has 0 aliphatic heterocycles. The van der Waals surface area contributed by atoms with Gasteiger partial charge in [-0.3, -0.25) is 10.1 Å². The molecule has 0 aliphatic carbocycles. The van der Waals surface area contributed by atoms with Crippen LogP contribution in [0.1, 0.15) is 25.5 Å². The summed E-state index contributed by atoms with van der Waals surface area (Å²) in [5.74, 6) is -0.361. The molecule has 0 N–H and O–H groups in total. The topological polar surface area (TPSA) is 56.0 Å². The van der Waals surface area contributed by atoms with Crippen molar-refractivity contribution in [3.05, 3.63) is 45.2 Å². The number of thiazole rings is 1. The number of nitrogens with zero attached hydrogens (tertiary/aromatic N) is 2. The second kappa shape index (κ2) is 4.81. The second-order valence-electron chi connectivity index (χ2n) is 4.15. The summed E-state index contributed by atoms with van der Waals surface area (Å²) in [5.41, 5.74) is 0.992. The van der Waals surface area contributed by atoms with Gasteiger partial charge in [0.2, 0.25) is 0 Å². The van der Waals surface area contributed by atoms with E-state index < -0.39 is 10.7 Å². The number of rotatable bonds is 3. The molecule has 0 amide bonds. The van der Waals surface area contributed by atoms with Gasteiger partial charge in [0.1, 0.15) is 10.8 Å². The normalized spacial score (nSPS) is 10.9. The van der Waals surface area contributed by atoms with Gasteiger partial charge in [0.15, 0.2) is 0 Å². The minimum atomic E-state index is -0.619. The van der Waals surface area contributed by atoms with Gasteiger partial charge in [-0.1, -0.05) is 13.8 Å². The van der Waals surface area contributed by atoms with E-state index in [1.165, 1.54) is 23.5 Å². The zero-order valence-corrected chi connectivity index (χ0v) is 10.7. The maximum atomic E-state index is 13.0. The number of nitro groups is 1. The highest BCUT2D eigenvalue weighted by Gasteiger charge is 2.19. The van der Waals surface area contributed by atoms with Crippen LogP contribution in [0, 0.1) is 15.9 Å². The fraction of sp³-hybridized carbons (Fsp3) is 0.250. The van der Waals surface area contributed by atoms with E-state index in [0.29, 0.717) is 10.6 Å². The standard InChI is InChI=1S/C12H11FN2O2S/c1-7(2)10-6-18-12(14-10)9-4-3-8(13)5-11(9)15(16)17/h3-7H,1-2H3. The zero-order chi connectivity index (χ0) is 13.3. The summed E-state index contributed by atoms with van der Waals surface area (Å²) >= 11 is 1.33. The van der Waals surface area contributed by atoms with Gasteiger partial charge in [-0.25, -0.2) is 9.37 Å². The van der Waals surface area contributed by atoms with E-state index >= 15 is 0 Å². The van der Waals surface area contributed by atoms with Gasteiger partial charge in [-0.15, -0.1) is 11.3 Å². The summed E-state index contributed by atoms with van der Waals surface area (Å²) < 4.78 is 13.0. The first-order valence-corrected chi connectivity index (χ1v) is 6.26. The Labute approximate surface area is 107 Å². The maximum Gasteiger partial charge on any atom is 0.282 e. The van der Waals surface area contributed by atoms with Crippen LogP contribution < -0.4 is 0 Å². The predicted octanol–water partition coefficient (Wildman–Crippen LogP) is 3.98. The van der Waals surface area contributed by atoms with Crippen LogP contribution in [0.4, 0.5) is 10.1 Å². The molecule has 1 aromatic heterocycles. The average molecular weight is 266 g/mol. The third-order valence-electron chi connectivity index (χ3n) is 2.50. The van der Waals surface area contributed by atoms with Crippen molar-refractivity contribution in [3.63, 3.8) is 0 Å². The Bertz CT molecular complexity index is 596. The first-order valence-electron chi connectivity index (χ1n) is 5.38. The molecule has 0 saturated carbocycles. The molecular weight excluding hydrogens is 255 g/mol. The van der Waals surface area contributed by atoms with E-state index in [-0.39, 0.29) is 11.6 Å². The zero-order valence-electron chi connectivity index (χ0n) is 9.88. The molecule has 1 heterocycles. The highest BCUT2D eigenvalue weighted by atomic mass is 32.1. The molecule has 18 heavy (non-hydrogen) atoms. The van der Waals surface area contributed by atoms with Crippen molar-refractivity contribution >= 4 is 17.0 Å². The number of benzene rings is 1. The van der Waals surface area contributed by atoms with Crippen LogP contribution in [-0.4, -0.2) is 9.91 Å². The molecule has 0 saturated heterocycles. The third-order valence-corrected chi connectivity index (χ3v) is 3.39. The van der Waals surface area contributed by atoms with Gasteiger partial charge in [0, 0.05) is 5.38 Å². The van der Waals surface area contributed by atoms with Crippen molar-refractivity contribution in [1.29, 1.82) is 0 Å². The molecule has 2 aromatic rings. The number of hydrogen-bond donors (Lipinski definition) is 0. The summed E-state index contributed by atoms with van der Waals surface area (Å²) in [7, 11) is 0. The van der Waals surface area contributed by atoms with Crippen molar-refractivity contribution in [2.75, 3.05) is 0 Å². The summed E-state index contributed by atoms with van der Waals surface area (Å²) in [4.78, 5) is 14.7. The molecule has 0 unspecified atom stereocenters. The van der Waals surface area contributed by atoms with Crippen LogP contribution in [0.15, 0.2) is 23.6 Å². The molecule has 2 rings (SSSR count). The van der Waals surface area contributed by atoms with Gasteiger partial charge >= 0.3 is 0 Å². The summed E-state index contributed by atoms with van der Waals surface area (Å²) in [5, 5.41) is 13.3. The van der Waals surface area contributed by atoms with Gasteiger partial charge in [-0.05, 0) is 18.1 Å². The highest BCUT2D eigenvalue weighted by Crippen LogP contribution is 2.33. The van der Waals surface area contributed by atoms with E-state index in [9.17, 15) is 14.5 Å². The van der Waals surface area contributed by atoms with E-state index in [4.69, 9.17) is 0 Å². The lowest BCUT2D eigenvalue weighted by Crippen LogP contribution is -1.93. The van der Waals surface area contributed by atoms with Crippen molar-refractivity contribution in [3.8, 4) is 10.6 Å². The van der Waals surface area contributed by atoms with Gasteiger partial charge in [-0.2, -0.15) is 0 Å². The van der Waals surface area contributed by atoms with Crippen LogP contribution in [-0.2, 0) is 0 Å². The Morgan fingerprint density at radius 3 is 2.72 bits per heavy atom. The molecule has 0 atom stereocenters. The van der Waals surface area contributed by atoms with E-state index in [2.05, 4.69) is 4.98 Å². The Balaban J connectivity index is 2.52. The first kappa shape index (κ1) is 12.6. The lowest BCUT2D eigenvalue weighted by molar-refractivity contribution is -0.384. The SMILES string of the molecule is CC(C)c1csc(-c2ccc(F)cc2[N+](=O)[O-])n1. The molecule has 6 heteroatoms. The molecule has 0 fully saturated rings. The number of nitro benzene ring substituents is 1. The minimum Gasteiger partial charge on any atom is -0.258 e. The molecular formula is C12H11FN2O2S. The summed E-state index contributed by atoms with van der Waals surface area (Å²) in [6.07, 6.45) is 0. The van der Waals surface area contributed by atoms with E-state index in [1.807, 2.05) is 19.2 Å². The van der Waals surface area contributed by atoms with Gasteiger partial charge < -0.3 is 0 Å². The highest BCUT2D eigenvalue weighted by molar-refractivity contribution is 7.13. The Kier molecular flexibility index (Phi) is 3.38. The van der Waals surface area contributed by atoms with E-state index in [0.717, 1.165) is 11.8 Å². The second-order valence-corrected chi connectivity index (χ2v) is 5.01. The van der Waals surface area contributed by atoms with Crippen molar-refractivity contribution in [1.82, 2.24) is 4.98 Å². The molecule has 0 radical (unpaired) electrons. The summed E-state index contributed by atoms with van der Waals surface area (Å²) in [6, 6.07) is 3.53. The maximum absolute atomic E-state index is 13.0. The van der Waals surface area contributed by atoms with Crippen LogP contribution in [0.3, 0.4) is 0 Å². The summed E-state index contributed by atoms with van der Waals surface area (Å²) in [6.45, 7) is 4.00. The Morgan fingerprint density at radius 2 is 2.17 bits per heavy atom. The molecule has 94 valence electrons. The van der Waals surface area contributed by atoms with Crippen LogP contribution >= 0.6 is 11.3 Å². The number of aromatic nitrogens is 1. The fourth-order valence-corrected chi connectivity index (χ4v) is 2.53. The van der Waals surface area contributed by atoms with Crippen LogP contribution in [0.5, 0.6) is 0 Å². The largest absolute Gasteiger partial charge is 0.282 e. The monoisotopic (exact) mass is 266 g/mol. The van der Waals surface area contributed by atoms with Crippen LogP contribution in [0.25, 0.3) is 10.6 Å². The van der Waals surface area contributed by atoms with Crippen molar-refractivity contribution < 1.29 is 9.31 Å². The Morgan fingerprint density at radius 1 is 1.44 bits per heavy atom. The number of halogens is 1. The smallest absolute Gasteiger partial charge is 0.258 e. The quantitative estimate of drug-likeness (QED) is 0.623.